The van der Waals surface area contributed by atoms with E-state index in [0.29, 0.717) is 35.7 Å². The van der Waals surface area contributed by atoms with Crippen molar-refractivity contribution in [3.05, 3.63) is 130 Å². The number of carbonyl (C=O) groups is 2. The van der Waals surface area contributed by atoms with Crippen LogP contribution < -0.4 is 9.47 Å². The van der Waals surface area contributed by atoms with Gasteiger partial charge in [-0.3, -0.25) is 4.90 Å². The van der Waals surface area contributed by atoms with E-state index in [9.17, 15) is 9.59 Å². The predicted molar refractivity (Wildman–Crippen MR) is 140 cm³/mol. The first-order valence-electron chi connectivity index (χ1n) is 11.8. The van der Waals surface area contributed by atoms with E-state index in [2.05, 4.69) is 4.90 Å². The van der Waals surface area contributed by atoms with E-state index in [1.165, 1.54) is 0 Å². The van der Waals surface area contributed by atoms with Gasteiger partial charge in [0.25, 0.3) is 0 Å². The Labute approximate surface area is 211 Å². The van der Waals surface area contributed by atoms with Crippen LogP contribution in [0.5, 0.6) is 11.5 Å². The van der Waals surface area contributed by atoms with Crippen LogP contribution in [0.3, 0.4) is 0 Å². The second-order valence-corrected chi connectivity index (χ2v) is 8.91. The molecule has 0 aromatic heterocycles. The fourth-order valence-electron chi connectivity index (χ4n) is 3.97. The number of hydrogen-bond acceptors (Lipinski definition) is 5. The van der Waals surface area contributed by atoms with Crippen molar-refractivity contribution >= 4 is 11.9 Å². The van der Waals surface area contributed by atoms with Crippen LogP contribution in [0.25, 0.3) is 0 Å². The van der Waals surface area contributed by atoms with Crippen molar-refractivity contribution in [1.29, 1.82) is 0 Å². The molecule has 4 aromatic rings. The second-order valence-electron chi connectivity index (χ2n) is 8.91. The molecule has 0 spiro atoms. The molecule has 0 heterocycles. The molecule has 5 nitrogen and oxygen atoms in total. The highest BCUT2D eigenvalue weighted by Gasteiger charge is 2.16. The van der Waals surface area contributed by atoms with Gasteiger partial charge in [-0.05, 0) is 57.3 Å². The minimum absolute atomic E-state index is 0.392. The monoisotopic (exact) mass is 479 g/mol. The Bertz CT molecular complexity index is 1240. The molecule has 4 aromatic carbocycles. The van der Waals surface area contributed by atoms with E-state index >= 15 is 0 Å². The normalized spacial score (nSPS) is 10.8. The molecular weight excluding hydrogens is 450 g/mol. The minimum atomic E-state index is -0.392. The van der Waals surface area contributed by atoms with E-state index < -0.39 is 11.9 Å². The largest absolute Gasteiger partial charge is 0.423 e. The van der Waals surface area contributed by atoms with Gasteiger partial charge in [-0.25, -0.2) is 9.59 Å². The number of ether oxygens (including phenoxy) is 2. The molecule has 0 aliphatic carbocycles. The van der Waals surface area contributed by atoms with Gasteiger partial charge in [-0.2, -0.15) is 0 Å². The Morgan fingerprint density at radius 2 is 1.00 bits per heavy atom. The molecule has 0 saturated carbocycles. The van der Waals surface area contributed by atoms with Gasteiger partial charge in [-0.1, -0.05) is 71.8 Å². The first kappa shape index (κ1) is 24.9. The van der Waals surface area contributed by atoms with Crippen LogP contribution in [-0.4, -0.2) is 23.9 Å². The molecule has 0 aliphatic rings. The van der Waals surface area contributed by atoms with Crippen molar-refractivity contribution in [2.75, 3.05) is 7.05 Å². The molecule has 0 N–H and O–H groups in total. The van der Waals surface area contributed by atoms with Crippen molar-refractivity contribution in [2.45, 2.75) is 26.9 Å². The molecule has 0 radical (unpaired) electrons. The topological polar surface area (TPSA) is 55.8 Å². The number of hydrogen-bond donors (Lipinski definition) is 0. The summed E-state index contributed by atoms with van der Waals surface area (Å²) in [5.41, 5.74) is 4.95. The zero-order valence-electron chi connectivity index (χ0n) is 20.7. The Balaban J connectivity index is 1.50. The quantitative estimate of drug-likeness (QED) is 0.217. The summed E-state index contributed by atoms with van der Waals surface area (Å²) in [6, 6.07) is 29.5. The Kier molecular flexibility index (Phi) is 7.93. The van der Waals surface area contributed by atoms with Crippen LogP contribution in [0.4, 0.5) is 0 Å². The predicted octanol–water partition coefficient (Wildman–Crippen LogP) is 6.37. The third-order valence-corrected chi connectivity index (χ3v) is 5.74. The highest BCUT2D eigenvalue weighted by Crippen LogP contribution is 2.26. The molecule has 36 heavy (non-hydrogen) atoms. The maximum absolute atomic E-state index is 12.6. The van der Waals surface area contributed by atoms with Crippen LogP contribution in [0.2, 0.25) is 0 Å². The first-order chi connectivity index (χ1) is 17.4. The summed E-state index contributed by atoms with van der Waals surface area (Å²) in [6.45, 7) is 5.10. The molecule has 0 fully saturated rings. The van der Waals surface area contributed by atoms with Crippen molar-refractivity contribution < 1.29 is 19.1 Å². The third-order valence-electron chi connectivity index (χ3n) is 5.74. The molecule has 182 valence electrons. The number of rotatable bonds is 8. The van der Waals surface area contributed by atoms with E-state index in [0.717, 1.165) is 22.3 Å². The van der Waals surface area contributed by atoms with Crippen molar-refractivity contribution in [1.82, 2.24) is 4.90 Å². The van der Waals surface area contributed by atoms with Gasteiger partial charge < -0.3 is 9.47 Å². The SMILES string of the molecule is Cc1ccc(OC(=O)c2ccccc2)c(CN(C)Cc2cc(C)ccc2OC(=O)c2ccccc2)c1. The van der Waals surface area contributed by atoms with Crippen molar-refractivity contribution in [3.63, 3.8) is 0 Å². The lowest BCUT2D eigenvalue weighted by Crippen LogP contribution is -2.20. The molecule has 0 bridgehead atoms. The third kappa shape index (κ3) is 6.46. The number of nitrogens with zero attached hydrogens (tertiary/aromatic N) is 1. The van der Waals surface area contributed by atoms with Crippen LogP contribution in [0, 0.1) is 13.8 Å². The Hall–Kier alpha value is -4.22. The lowest BCUT2D eigenvalue weighted by molar-refractivity contribution is 0.0724. The molecule has 0 saturated heterocycles. The molecule has 4 rings (SSSR count). The molecule has 0 atom stereocenters. The van der Waals surface area contributed by atoms with E-state index in [1.807, 2.05) is 93.7 Å². The van der Waals surface area contributed by atoms with Crippen LogP contribution >= 0.6 is 0 Å². The van der Waals surface area contributed by atoms with Gasteiger partial charge in [0.1, 0.15) is 11.5 Å². The number of benzene rings is 4. The first-order valence-corrected chi connectivity index (χ1v) is 11.8. The molecular formula is C31H29NO4. The summed E-state index contributed by atoms with van der Waals surface area (Å²) in [7, 11) is 1.98. The summed E-state index contributed by atoms with van der Waals surface area (Å²) in [5, 5.41) is 0. The van der Waals surface area contributed by atoms with Gasteiger partial charge in [-0.15, -0.1) is 0 Å². The van der Waals surface area contributed by atoms with Crippen LogP contribution in [0.15, 0.2) is 97.1 Å². The summed E-state index contributed by atoms with van der Waals surface area (Å²) in [6.07, 6.45) is 0. The maximum Gasteiger partial charge on any atom is 0.343 e. The highest BCUT2D eigenvalue weighted by atomic mass is 16.5. The van der Waals surface area contributed by atoms with Gasteiger partial charge in [0.15, 0.2) is 0 Å². The number of esters is 2. The molecule has 0 unspecified atom stereocenters. The summed E-state index contributed by atoms with van der Waals surface area (Å²) < 4.78 is 11.5. The average Bonchev–Trinajstić information content (AvgIpc) is 2.88. The summed E-state index contributed by atoms with van der Waals surface area (Å²) >= 11 is 0. The number of carbonyl (C=O) groups excluding carboxylic acids is 2. The van der Waals surface area contributed by atoms with Gasteiger partial charge in [0.2, 0.25) is 0 Å². The van der Waals surface area contributed by atoms with Crippen LogP contribution in [0.1, 0.15) is 43.0 Å². The zero-order valence-corrected chi connectivity index (χ0v) is 20.7. The van der Waals surface area contributed by atoms with Crippen molar-refractivity contribution in [2.24, 2.45) is 0 Å². The standard InChI is InChI=1S/C31H29NO4/c1-22-14-16-28(35-30(33)24-10-6-4-7-11-24)26(18-22)20-32(3)21-27-19-23(2)15-17-29(27)36-31(34)25-12-8-5-9-13-25/h4-19H,20-21H2,1-3H3. The number of aryl methyl sites for hydroxylation is 2. The van der Waals surface area contributed by atoms with Gasteiger partial charge in [0.05, 0.1) is 11.1 Å². The molecule has 0 aliphatic heterocycles. The fourth-order valence-corrected chi connectivity index (χ4v) is 3.97. The maximum atomic E-state index is 12.6. The highest BCUT2D eigenvalue weighted by molar-refractivity contribution is 5.91. The van der Waals surface area contributed by atoms with Crippen LogP contribution in [-0.2, 0) is 13.1 Å². The van der Waals surface area contributed by atoms with E-state index in [-0.39, 0.29) is 0 Å². The molecule has 0 amide bonds. The van der Waals surface area contributed by atoms with Gasteiger partial charge >= 0.3 is 11.9 Å². The van der Waals surface area contributed by atoms with E-state index in [1.54, 1.807) is 24.3 Å². The van der Waals surface area contributed by atoms with Gasteiger partial charge in [0, 0.05) is 24.2 Å². The average molecular weight is 480 g/mol. The summed E-state index contributed by atoms with van der Waals surface area (Å²) in [5.74, 6) is 0.275. The Morgan fingerprint density at radius 3 is 1.39 bits per heavy atom. The summed E-state index contributed by atoms with van der Waals surface area (Å²) in [4.78, 5) is 27.4. The van der Waals surface area contributed by atoms with E-state index in [4.69, 9.17) is 9.47 Å². The minimum Gasteiger partial charge on any atom is -0.423 e. The van der Waals surface area contributed by atoms with Crippen molar-refractivity contribution in [3.8, 4) is 11.5 Å². The lowest BCUT2D eigenvalue weighted by atomic mass is 10.1. The smallest absolute Gasteiger partial charge is 0.343 e. The molecule has 5 heteroatoms. The zero-order chi connectivity index (χ0) is 25.5. The Morgan fingerprint density at radius 1 is 0.611 bits per heavy atom. The fraction of sp³-hybridized carbons (Fsp3) is 0.161. The lowest BCUT2D eigenvalue weighted by Gasteiger charge is -2.21. The second kappa shape index (κ2) is 11.5.